The third-order valence-electron chi connectivity index (χ3n) is 5.06. The number of carbonyl (C=O) groups excluding carboxylic acids is 2. The molecule has 2 aromatic rings. The third kappa shape index (κ3) is 6.49. The molecule has 1 aromatic carbocycles. The second kappa shape index (κ2) is 11.7. The van der Waals surface area contributed by atoms with Crippen LogP contribution < -0.4 is 16.0 Å². The minimum Gasteiger partial charge on any atom is -0.355 e. The van der Waals surface area contributed by atoms with Crippen molar-refractivity contribution in [2.45, 2.75) is 51.0 Å². The van der Waals surface area contributed by atoms with Crippen molar-refractivity contribution in [3.05, 3.63) is 30.0 Å². The molecule has 28 heavy (non-hydrogen) atoms. The number of nitrogens with zero attached hydrogens (tertiary/aromatic N) is 1. The Kier molecular flexibility index (Phi) is 9.23. The summed E-state index contributed by atoms with van der Waals surface area (Å²) in [6.45, 7) is 1.71. The Labute approximate surface area is 171 Å². The summed E-state index contributed by atoms with van der Waals surface area (Å²) < 4.78 is 0. The summed E-state index contributed by atoms with van der Waals surface area (Å²) in [5, 5.41) is 16.9. The van der Waals surface area contributed by atoms with Gasteiger partial charge in [0.15, 0.2) is 5.69 Å². The van der Waals surface area contributed by atoms with Crippen LogP contribution in [0.25, 0.3) is 10.9 Å². The van der Waals surface area contributed by atoms with Crippen LogP contribution in [0, 0.1) is 0 Å². The van der Waals surface area contributed by atoms with E-state index < -0.39 is 0 Å². The summed E-state index contributed by atoms with van der Waals surface area (Å²) in [4.78, 5) is 24.1. The number of benzene rings is 1. The lowest BCUT2D eigenvalue weighted by Crippen LogP contribution is -2.38. The number of nitrogens with one attached hydrogen (secondary N) is 4. The minimum atomic E-state index is -0.268. The van der Waals surface area contributed by atoms with Crippen LogP contribution in [-0.2, 0) is 4.79 Å². The van der Waals surface area contributed by atoms with Crippen LogP contribution >= 0.6 is 12.4 Å². The van der Waals surface area contributed by atoms with Gasteiger partial charge < -0.3 is 16.0 Å². The van der Waals surface area contributed by atoms with E-state index in [2.05, 4.69) is 26.1 Å². The van der Waals surface area contributed by atoms with E-state index in [4.69, 9.17) is 0 Å². The molecule has 4 N–H and O–H groups in total. The van der Waals surface area contributed by atoms with E-state index in [0.717, 1.165) is 17.4 Å². The maximum atomic E-state index is 12.2. The second-order valence-corrected chi connectivity index (χ2v) is 7.12. The SMILES string of the molecule is Cl.O=C(CCNC(=O)c1n[nH]c2ccccc12)NCCNC1CCCCCC1. The van der Waals surface area contributed by atoms with Crippen molar-refractivity contribution in [1.82, 2.24) is 26.1 Å². The van der Waals surface area contributed by atoms with E-state index >= 15 is 0 Å². The standard InChI is InChI=1S/C20H29N5O2.ClH/c26-18(22-14-13-21-15-7-3-1-2-4-8-15)11-12-23-20(27)19-16-9-5-6-10-17(16)24-25-19;/h5-6,9-10,15,21H,1-4,7-8,11-14H2,(H,22,26)(H,23,27)(H,24,25);1H. The molecule has 1 heterocycles. The van der Waals surface area contributed by atoms with Gasteiger partial charge in [0.1, 0.15) is 0 Å². The van der Waals surface area contributed by atoms with Crippen LogP contribution in [0.4, 0.5) is 0 Å². The third-order valence-corrected chi connectivity index (χ3v) is 5.06. The molecule has 0 unspecified atom stereocenters. The van der Waals surface area contributed by atoms with Crippen molar-refractivity contribution in [2.24, 2.45) is 0 Å². The predicted octanol–water partition coefficient (Wildman–Crippen LogP) is 2.53. The van der Waals surface area contributed by atoms with Gasteiger partial charge in [-0.25, -0.2) is 0 Å². The summed E-state index contributed by atoms with van der Waals surface area (Å²) in [5.41, 5.74) is 1.18. The van der Waals surface area contributed by atoms with E-state index in [1.54, 1.807) is 0 Å². The Morgan fingerprint density at radius 3 is 2.54 bits per heavy atom. The molecule has 0 radical (unpaired) electrons. The normalized spacial score (nSPS) is 14.9. The number of aromatic nitrogens is 2. The van der Waals surface area contributed by atoms with Crippen LogP contribution in [0.15, 0.2) is 24.3 Å². The molecule has 3 rings (SSSR count). The van der Waals surface area contributed by atoms with Crippen molar-refractivity contribution in [3.63, 3.8) is 0 Å². The van der Waals surface area contributed by atoms with Crippen molar-refractivity contribution in [3.8, 4) is 0 Å². The fourth-order valence-corrected chi connectivity index (χ4v) is 3.56. The fourth-order valence-electron chi connectivity index (χ4n) is 3.56. The summed E-state index contributed by atoms with van der Waals surface area (Å²) in [5.74, 6) is -0.319. The molecule has 1 fully saturated rings. The van der Waals surface area contributed by atoms with Crippen LogP contribution in [0.3, 0.4) is 0 Å². The first-order valence-electron chi connectivity index (χ1n) is 9.95. The Bertz CT molecular complexity index is 756. The number of hydrogen-bond acceptors (Lipinski definition) is 4. The Hall–Kier alpha value is -2.12. The average Bonchev–Trinajstić information content (AvgIpc) is 2.94. The van der Waals surface area contributed by atoms with Gasteiger partial charge in [-0.1, -0.05) is 43.9 Å². The number of H-pyrrole nitrogens is 1. The smallest absolute Gasteiger partial charge is 0.272 e. The van der Waals surface area contributed by atoms with Gasteiger partial charge in [-0.15, -0.1) is 12.4 Å². The first-order chi connectivity index (χ1) is 13.2. The molecule has 0 spiro atoms. The molecule has 1 aliphatic carbocycles. The molecule has 1 saturated carbocycles. The zero-order valence-electron chi connectivity index (χ0n) is 16.1. The Morgan fingerprint density at radius 2 is 1.75 bits per heavy atom. The zero-order chi connectivity index (χ0) is 18.9. The number of amides is 2. The molecule has 0 saturated heterocycles. The van der Waals surface area contributed by atoms with E-state index in [1.807, 2.05) is 24.3 Å². The van der Waals surface area contributed by atoms with E-state index in [1.165, 1.54) is 38.5 Å². The number of fused-ring (bicyclic) bond motifs is 1. The first kappa shape index (κ1) is 22.2. The summed E-state index contributed by atoms with van der Waals surface area (Å²) in [7, 11) is 0. The van der Waals surface area contributed by atoms with Crippen molar-refractivity contribution in [1.29, 1.82) is 0 Å². The lowest BCUT2D eigenvalue weighted by atomic mass is 10.1. The maximum Gasteiger partial charge on any atom is 0.272 e. The molecular weight excluding hydrogens is 378 g/mol. The largest absolute Gasteiger partial charge is 0.355 e. The minimum absolute atomic E-state index is 0. The van der Waals surface area contributed by atoms with Gasteiger partial charge in [0.05, 0.1) is 5.52 Å². The monoisotopic (exact) mass is 407 g/mol. The van der Waals surface area contributed by atoms with E-state index in [-0.39, 0.29) is 30.6 Å². The van der Waals surface area contributed by atoms with Crippen molar-refractivity contribution < 1.29 is 9.59 Å². The summed E-state index contributed by atoms with van der Waals surface area (Å²) in [6, 6.07) is 8.06. The highest BCUT2D eigenvalue weighted by Gasteiger charge is 2.14. The van der Waals surface area contributed by atoms with Crippen LogP contribution in [0.2, 0.25) is 0 Å². The lowest BCUT2D eigenvalue weighted by molar-refractivity contribution is -0.120. The van der Waals surface area contributed by atoms with Crippen LogP contribution in [0.1, 0.15) is 55.4 Å². The molecule has 8 heteroatoms. The quantitative estimate of drug-likeness (QED) is 0.399. The molecule has 154 valence electrons. The average molecular weight is 408 g/mol. The van der Waals surface area contributed by atoms with Gasteiger partial charge in [-0.2, -0.15) is 5.10 Å². The highest BCUT2D eigenvalue weighted by molar-refractivity contribution is 6.04. The van der Waals surface area contributed by atoms with E-state index in [0.29, 0.717) is 24.8 Å². The highest BCUT2D eigenvalue weighted by atomic mass is 35.5. The Morgan fingerprint density at radius 1 is 1.00 bits per heavy atom. The maximum absolute atomic E-state index is 12.2. The van der Waals surface area contributed by atoms with Crippen LogP contribution in [-0.4, -0.2) is 47.7 Å². The van der Waals surface area contributed by atoms with Gasteiger partial charge in [0.25, 0.3) is 5.91 Å². The molecule has 1 aromatic heterocycles. The van der Waals surface area contributed by atoms with Crippen molar-refractivity contribution in [2.75, 3.05) is 19.6 Å². The molecule has 0 atom stereocenters. The van der Waals surface area contributed by atoms with Gasteiger partial charge in [-0.05, 0) is 18.9 Å². The summed E-state index contributed by atoms with van der Waals surface area (Å²) >= 11 is 0. The molecule has 7 nitrogen and oxygen atoms in total. The number of carbonyl (C=O) groups is 2. The van der Waals surface area contributed by atoms with Gasteiger partial charge in [-0.3, -0.25) is 14.7 Å². The topological polar surface area (TPSA) is 98.9 Å². The predicted molar refractivity (Wildman–Crippen MR) is 113 cm³/mol. The van der Waals surface area contributed by atoms with E-state index in [9.17, 15) is 9.59 Å². The lowest BCUT2D eigenvalue weighted by Gasteiger charge is -2.16. The summed E-state index contributed by atoms with van der Waals surface area (Å²) in [6.07, 6.45) is 8.02. The van der Waals surface area contributed by atoms with Gasteiger partial charge in [0, 0.05) is 37.5 Å². The molecule has 0 aliphatic heterocycles. The first-order valence-corrected chi connectivity index (χ1v) is 9.95. The molecule has 0 bridgehead atoms. The number of aromatic amines is 1. The van der Waals surface area contributed by atoms with Gasteiger partial charge >= 0.3 is 0 Å². The second-order valence-electron chi connectivity index (χ2n) is 7.12. The van der Waals surface area contributed by atoms with Crippen molar-refractivity contribution >= 4 is 35.1 Å². The number of halogens is 1. The fraction of sp³-hybridized carbons (Fsp3) is 0.550. The van der Waals surface area contributed by atoms with Crippen LogP contribution in [0.5, 0.6) is 0 Å². The number of rotatable bonds is 8. The Balaban J connectivity index is 0.00000280. The highest BCUT2D eigenvalue weighted by Crippen LogP contribution is 2.17. The molecule has 1 aliphatic rings. The number of hydrogen-bond donors (Lipinski definition) is 4. The molecular formula is C20H30ClN5O2. The van der Waals surface area contributed by atoms with Gasteiger partial charge in [0.2, 0.25) is 5.91 Å². The zero-order valence-corrected chi connectivity index (χ0v) is 16.9. The number of para-hydroxylation sites is 1. The molecule has 2 amide bonds.